The zero-order chi connectivity index (χ0) is 18.4. The topological polar surface area (TPSA) is 84.9 Å². The second-order valence-electron chi connectivity index (χ2n) is 7.79. The Morgan fingerprint density at radius 3 is 2.32 bits per heavy atom. The van der Waals surface area contributed by atoms with Crippen LogP contribution in [0.3, 0.4) is 0 Å². The number of hydrogen-bond acceptors (Lipinski definition) is 4. The molecule has 0 aromatic heterocycles. The predicted octanol–water partition coefficient (Wildman–Crippen LogP) is 1.49. The van der Waals surface area contributed by atoms with Gasteiger partial charge in [-0.25, -0.2) is 4.79 Å². The standard InChI is InChI=1S/C18H34N4O3/c1-4-22(12-16(23)24)15-10-14(11-15)20-17(25)19-13-18(21(2)3)8-6-5-7-9-18/h14-15H,4-13H2,1-3H3,(H,23,24)(H2,19,20,25). The summed E-state index contributed by atoms with van der Waals surface area (Å²) < 4.78 is 0. The lowest BCUT2D eigenvalue weighted by molar-refractivity contribution is -0.139. The number of hydrogen-bond donors (Lipinski definition) is 3. The van der Waals surface area contributed by atoms with Gasteiger partial charge in [0.05, 0.1) is 6.54 Å². The quantitative estimate of drug-likeness (QED) is 0.615. The summed E-state index contributed by atoms with van der Waals surface area (Å²) >= 11 is 0. The van der Waals surface area contributed by atoms with E-state index in [0.717, 1.165) is 32.2 Å². The highest BCUT2D eigenvalue weighted by atomic mass is 16.4. The normalized spacial score (nSPS) is 25.5. The third-order valence-corrected chi connectivity index (χ3v) is 6.02. The van der Waals surface area contributed by atoms with Gasteiger partial charge in [0.15, 0.2) is 0 Å². The van der Waals surface area contributed by atoms with Gasteiger partial charge in [0, 0.05) is 24.2 Å². The molecule has 144 valence electrons. The lowest BCUT2D eigenvalue weighted by atomic mass is 9.80. The third-order valence-electron chi connectivity index (χ3n) is 6.02. The number of urea groups is 1. The number of carbonyl (C=O) groups excluding carboxylic acids is 1. The molecule has 0 radical (unpaired) electrons. The first kappa shape index (κ1) is 20.0. The highest BCUT2D eigenvalue weighted by molar-refractivity contribution is 5.74. The Kier molecular flexibility index (Phi) is 7.07. The van der Waals surface area contributed by atoms with Crippen LogP contribution in [0.15, 0.2) is 0 Å². The van der Waals surface area contributed by atoms with Crippen LogP contribution in [-0.2, 0) is 4.79 Å². The molecule has 2 amide bonds. The Hall–Kier alpha value is -1.34. The number of carboxylic acid groups (broad SMARTS) is 1. The molecule has 0 bridgehead atoms. The van der Waals surface area contributed by atoms with Crippen molar-refractivity contribution in [3.05, 3.63) is 0 Å². The Labute approximate surface area is 151 Å². The van der Waals surface area contributed by atoms with Crippen molar-refractivity contribution >= 4 is 12.0 Å². The zero-order valence-electron chi connectivity index (χ0n) is 15.9. The number of likely N-dealkylation sites (N-methyl/N-ethyl adjacent to an activating group) is 2. The van der Waals surface area contributed by atoms with Gasteiger partial charge < -0.3 is 20.6 Å². The van der Waals surface area contributed by atoms with Crippen LogP contribution in [0.1, 0.15) is 51.9 Å². The lowest BCUT2D eigenvalue weighted by Gasteiger charge is -2.44. The van der Waals surface area contributed by atoms with Crippen LogP contribution in [0.5, 0.6) is 0 Å². The molecule has 0 aromatic carbocycles. The van der Waals surface area contributed by atoms with E-state index < -0.39 is 5.97 Å². The van der Waals surface area contributed by atoms with E-state index in [1.165, 1.54) is 19.3 Å². The van der Waals surface area contributed by atoms with Gasteiger partial charge in [-0.15, -0.1) is 0 Å². The summed E-state index contributed by atoms with van der Waals surface area (Å²) in [6.45, 7) is 3.45. The van der Waals surface area contributed by atoms with Crippen molar-refractivity contribution in [1.29, 1.82) is 0 Å². The van der Waals surface area contributed by atoms with E-state index in [1.54, 1.807) is 0 Å². The van der Waals surface area contributed by atoms with Gasteiger partial charge in [0.25, 0.3) is 0 Å². The molecule has 7 nitrogen and oxygen atoms in total. The second-order valence-corrected chi connectivity index (χ2v) is 7.79. The van der Waals surface area contributed by atoms with Gasteiger partial charge in [0.2, 0.25) is 0 Å². The average Bonchev–Trinajstić information content (AvgIpc) is 2.54. The van der Waals surface area contributed by atoms with Crippen molar-refractivity contribution in [2.45, 2.75) is 69.5 Å². The van der Waals surface area contributed by atoms with E-state index in [2.05, 4.69) is 29.6 Å². The number of aliphatic carboxylic acids is 1. The Balaban J connectivity index is 1.72. The molecule has 2 saturated carbocycles. The molecule has 7 heteroatoms. The van der Waals surface area contributed by atoms with Crippen LogP contribution in [-0.4, -0.2) is 78.3 Å². The molecule has 0 heterocycles. The average molecular weight is 354 g/mol. The molecule has 0 aliphatic heterocycles. The van der Waals surface area contributed by atoms with Crippen molar-refractivity contribution in [2.75, 3.05) is 33.7 Å². The molecule has 2 rings (SSSR count). The summed E-state index contributed by atoms with van der Waals surface area (Å²) in [6, 6.07) is 0.309. The van der Waals surface area contributed by atoms with E-state index in [9.17, 15) is 9.59 Å². The molecular weight excluding hydrogens is 320 g/mol. The fraction of sp³-hybridized carbons (Fsp3) is 0.889. The van der Waals surface area contributed by atoms with E-state index in [0.29, 0.717) is 6.54 Å². The van der Waals surface area contributed by atoms with E-state index >= 15 is 0 Å². The maximum Gasteiger partial charge on any atom is 0.317 e. The summed E-state index contributed by atoms with van der Waals surface area (Å²) in [6.07, 6.45) is 7.65. The predicted molar refractivity (Wildman–Crippen MR) is 97.7 cm³/mol. The highest BCUT2D eigenvalue weighted by Crippen LogP contribution is 2.31. The minimum absolute atomic E-state index is 0.0748. The van der Waals surface area contributed by atoms with Crippen molar-refractivity contribution in [2.24, 2.45) is 0 Å². The lowest BCUT2D eigenvalue weighted by Crippen LogP contribution is -2.59. The molecule has 2 fully saturated rings. The molecule has 0 spiro atoms. The van der Waals surface area contributed by atoms with Crippen LogP contribution < -0.4 is 10.6 Å². The van der Waals surface area contributed by atoms with Gasteiger partial charge in [-0.2, -0.15) is 0 Å². The number of carbonyl (C=O) groups is 2. The maximum atomic E-state index is 12.2. The van der Waals surface area contributed by atoms with Gasteiger partial charge in [0.1, 0.15) is 0 Å². The number of rotatable bonds is 8. The summed E-state index contributed by atoms with van der Waals surface area (Å²) in [5, 5.41) is 15.0. The summed E-state index contributed by atoms with van der Waals surface area (Å²) in [7, 11) is 4.20. The van der Waals surface area contributed by atoms with E-state index in [4.69, 9.17) is 5.11 Å². The maximum absolute atomic E-state index is 12.2. The van der Waals surface area contributed by atoms with Crippen LogP contribution in [0.25, 0.3) is 0 Å². The van der Waals surface area contributed by atoms with Gasteiger partial charge in [-0.1, -0.05) is 26.2 Å². The molecule has 2 aliphatic rings. The van der Waals surface area contributed by atoms with Gasteiger partial charge in [-0.3, -0.25) is 9.69 Å². The molecule has 0 unspecified atom stereocenters. The first-order valence-electron chi connectivity index (χ1n) is 9.54. The molecule has 2 aliphatic carbocycles. The highest BCUT2D eigenvalue weighted by Gasteiger charge is 2.36. The number of nitrogens with zero attached hydrogens (tertiary/aromatic N) is 2. The fourth-order valence-electron chi connectivity index (χ4n) is 4.15. The fourth-order valence-corrected chi connectivity index (χ4v) is 4.15. The summed E-state index contributed by atoms with van der Waals surface area (Å²) in [5.74, 6) is -0.794. The number of nitrogens with one attached hydrogen (secondary N) is 2. The largest absolute Gasteiger partial charge is 0.480 e. The third kappa shape index (κ3) is 5.31. The van der Waals surface area contributed by atoms with Gasteiger partial charge >= 0.3 is 12.0 Å². The first-order valence-corrected chi connectivity index (χ1v) is 9.54. The monoisotopic (exact) mass is 354 g/mol. The second kappa shape index (κ2) is 8.85. The SMILES string of the molecule is CCN(CC(=O)O)C1CC(NC(=O)NCC2(N(C)C)CCCCC2)C1. The Morgan fingerprint density at radius 2 is 1.80 bits per heavy atom. The van der Waals surface area contributed by atoms with Gasteiger partial charge in [-0.05, 0) is 46.3 Å². The van der Waals surface area contributed by atoms with Crippen LogP contribution >= 0.6 is 0 Å². The van der Waals surface area contributed by atoms with Crippen LogP contribution in [0.2, 0.25) is 0 Å². The van der Waals surface area contributed by atoms with E-state index in [1.807, 2.05) is 11.8 Å². The van der Waals surface area contributed by atoms with Crippen molar-refractivity contribution in [3.63, 3.8) is 0 Å². The van der Waals surface area contributed by atoms with Crippen LogP contribution in [0.4, 0.5) is 4.79 Å². The molecule has 0 aromatic rings. The minimum atomic E-state index is -0.794. The molecule has 0 atom stereocenters. The summed E-state index contributed by atoms with van der Waals surface area (Å²) in [5.41, 5.74) is 0.0816. The smallest absolute Gasteiger partial charge is 0.317 e. The molecular formula is C18H34N4O3. The van der Waals surface area contributed by atoms with Crippen molar-refractivity contribution in [1.82, 2.24) is 20.4 Å². The zero-order valence-corrected chi connectivity index (χ0v) is 15.9. The summed E-state index contributed by atoms with van der Waals surface area (Å²) in [4.78, 5) is 27.3. The van der Waals surface area contributed by atoms with E-state index in [-0.39, 0.29) is 30.2 Å². The first-order chi connectivity index (χ1) is 11.9. The van der Waals surface area contributed by atoms with Crippen LogP contribution in [0, 0.1) is 0 Å². The number of carboxylic acids is 1. The van der Waals surface area contributed by atoms with Crippen molar-refractivity contribution < 1.29 is 14.7 Å². The number of amides is 2. The molecule has 25 heavy (non-hydrogen) atoms. The van der Waals surface area contributed by atoms with Crippen molar-refractivity contribution in [3.8, 4) is 0 Å². The Bertz CT molecular complexity index is 457. The molecule has 0 saturated heterocycles. The molecule has 3 N–H and O–H groups in total. The minimum Gasteiger partial charge on any atom is -0.480 e. The Morgan fingerprint density at radius 1 is 1.16 bits per heavy atom.